The van der Waals surface area contributed by atoms with Gasteiger partial charge in [-0.15, -0.1) is 12.4 Å². The van der Waals surface area contributed by atoms with Gasteiger partial charge >= 0.3 is 0 Å². The number of nitrogens with one attached hydrogen (secondary N) is 1. The fourth-order valence-corrected chi connectivity index (χ4v) is 2.66. The highest BCUT2D eigenvalue weighted by Crippen LogP contribution is 2.19. The normalized spacial score (nSPS) is 16.8. The Morgan fingerprint density at radius 3 is 2.83 bits per heavy atom. The smallest absolute Gasteiger partial charge is 0.240 e. The minimum Gasteiger partial charge on any atom is -0.441 e. The van der Waals surface area contributed by atoms with Gasteiger partial charge in [0.1, 0.15) is 5.52 Å². The maximum atomic E-state index is 12.2. The quantitative estimate of drug-likeness (QED) is 0.885. The van der Waals surface area contributed by atoms with Crippen molar-refractivity contribution in [3.8, 4) is 0 Å². The molecule has 0 aliphatic carbocycles. The molecule has 1 aliphatic heterocycles. The van der Waals surface area contributed by atoms with Gasteiger partial charge in [0.2, 0.25) is 5.91 Å². The van der Waals surface area contributed by atoms with Crippen LogP contribution < -0.4 is 11.1 Å². The van der Waals surface area contributed by atoms with Crippen molar-refractivity contribution in [1.29, 1.82) is 0 Å². The number of benzene rings is 1. The molecule has 0 saturated carbocycles. The molecule has 126 valence electrons. The summed E-state index contributed by atoms with van der Waals surface area (Å²) in [6.45, 7) is 3.53. The standard InChI is InChI=1S/C16H21N3O3.ClH/c1-11-3-2-4-12-14(11)19-13(22-12)5-8-18-15(20)16(17)6-9-21-10-7-16;/h2-4H,5-10,17H2,1H3,(H,18,20);1H. The molecule has 0 radical (unpaired) electrons. The topological polar surface area (TPSA) is 90.4 Å². The van der Waals surface area contributed by atoms with E-state index < -0.39 is 5.54 Å². The van der Waals surface area contributed by atoms with E-state index in [0.717, 1.165) is 16.7 Å². The number of nitrogens with two attached hydrogens (primary N) is 1. The predicted molar refractivity (Wildman–Crippen MR) is 89.7 cm³/mol. The summed E-state index contributed by atoms with van der Waals surface area (Å²) in [5.74, 6) is 0.505. The number of carbonyl (C=O) groups excluding carboxylic acids is 1. The lowest BCUT2D eigenvalue weighted by molar-refractivity contribution is -0.129. The lowest BCUT2D eigenvalue weighted by Gasteiger charge is -2.31. The summed E-state index contributed by atoms with van der Waals surface area (Å²) in [7, 11) is 0. The van der Waals surface area contributed by atoms with Crippen molar-refractivity contribution < 1.29 is 13.9 Å². The van der Waals surface area contributed by atoms with Crippen molar-refractivity contribution in [2.24, 2.45) is 5.73 Å². The van der Waals surface area contributed by atoms with Gasteiger partial charge in [-0.05, 0) is 31.4 Å². The van der Waals surface area contributed by atoms with Crippen LogP contribution >= 0.6 is 12.4 Å². The second-order valence-electron chi connectivity index (χ2n) is 5.80. The Balaban J connectivity index is 0.00000192. The van der Waals surface area contributed by atoms with E-state index in [1.165, 1.54) is 0 Å². The molecule has 7 heteroatoms. The van der Waals surface area contributed by atoms with E-state index >= 15 is 0 Å². The molecule has 0 atom stereocenters. The molecule has 1 amide bonds. The van der Waals surface area contributed by atoms with Gasteiger partial charge in [-0.25, -0.2) is 4.98 Å². The first kappa shape index (κ1) is 17.7. The number of oxazole rings is 1. The van der Waals surface area contributed by atoms with E-state index in [1.54, 1.807) is 0 Å². The number of amides is 1. The molecule has 0 unspecified atom stereocenters. The highest BCUT2D eigenvalue weighted by molar-refractivity contribution is 5.86. The molecule has 1 saturated heterocycles. The summed E-state index contributed by atoms with van der Waals surface area (Å²) in [5.41, 5.74) is 8.06. The molecule has 2 aromatic rings. The summed E-state index contributed by atoms with van der Waals surface area (Å²) < 4.78 is 10.9. The molecule has 23 heavy (non-hydrogen) atoms. The molecule has 2 heterocycles. The van der Waals surface area contributed by atoms with Gasteiger partial charge in [-0.1, -0.05) is 12.1 Å². The zero-order valence-corrected chi connectivity index (χ0v) is 13.9. The number of aryl methyl sites for hydroxylation is 1. The lowest BCUT2D eigenvalue weighted by Crippen LogP contribution is -2.57. The van der Waals surface area contributed by atoms with Crippen LogP contribution in [0.4, 0.5) is 0 Å². The molecule has 1 aliphatic rings. The second-order valence-corrected chi connectivity index (χ2v) is 5.80. The van der Waals surface area contributed by atoms with E-state index in [4.69, 9.17) is 14.9 Å². The number of hydrogen-bond donors (Lipinski definition) is 2. The minimum absolute atomic E-state index is 0. The van der Waals surface area contributed by atoms with Gasteiger partial charge in [-0.3, -0.25) is 4.79 Å². The van der Waals surface area contributed by atoms with Crippen molar-refractivity contribution in [3.05, 3.63) is 29.7 Å². The van der Waals surface area contributed by atoms with Crippen molar-refractivity contribution in [3.63, 3.8) is 0 Å². The minimum atomic E-state index is -0.809. The Labute approximate surface area is 141 Å². The number of fused-ring (bicyclic) bond motifs is 1. The zero-order chi connectivity index (χ0) is 15.6. The summed E-state index contributed by atoms with van der Waals surface area (Å²) >= 11 is 0. The maximum absolute atomic E-state index is 12.2. The largest absolute Gasteiger partial charge is 0.441 e. The molecule has 0 bridgehead atoms. The first-order chi connectivity index (χ1) is 10.6. The first-order valence-electron chi connectivity index (χ1n) is 7.58. The summed E-state index contributed by atoms with van der Waals surface area (Å²) in [5, 5.41) is 2.88. The second kappa shape index (κ2) is 7.29. The predicted octanol–water partition coefficient (Wildman–Crippen LogP) is 1.72. The number of nitrogens with zero attached hydrogens (tertiary/aromatic N) is 1. The van der Waals surface area contributed by atoms with Crippen LogP contribution in [-0.4, -0.2) is 36.2 Å². The lowest BCUT2D eigenvalue weighted by atomic mass is 9.90. The molecule has 0 spiro atoms. The van der Waals surface area contributed by atoms with Crippen molar-refractivity contribution in [2.75, 3.05) is 19.8 Å². The number of aromatic nitrogens is 1. The maximum Gasteiger partial charge on any atom is 0.240 e. The number of carbonyl (C=O) groups is 1. The van der Waals surface area contributed by atoms with E-state index in [0.29, 0.717) is 44.9 Å². The molecule has 1 fully saturated rings. The van der Waals surface area contributed by atoms with Crippen molar-refractivity contribution in [2.45, 2.75) is 31.7 Å². The average molecular weight is 340 g/mol. The Bertz CT molecular complexity index is 680. The van der Waals surface area contributed by atoms with Gasteiger partial charge in [0.25, 0.3) is 0 Å². The zero-order valence-electron chi connectivity index (χ0n) is 13.1. The van der Waals surface area contributed by atoms with Gasteiger partial charge < -0.3 is 20.2 Å². The Kier molecular flexibility index (Phi) is 5.62. The molecule has 1 aromatic carbocycles. The van der Waals surface area contributed by atoms with E-state index in [-0.39, 0.29) is 18.3 Å². The molecular weight excluding hydrogens is 318 g/mol. The van der Waals surface area contributed by atoms with Gasteiger partial charge in [0, 0.05) is 26.2 Å². The molecule has 1 aromatic heterocycles. The third-order valence-corrected chi connectivity index (χ3v) is 4.13. The highest BCUT2D eigenvalue weighted by Gasteiger charge is 2.35. The molecule has 3 rings (SSSR count). The number of rotatable bonds is 4. The summed E-state index contributed by atoms with van der Waals surface area (Å²) in [6.07, 6.45) is 1.66. The van der Waals surface area contributed by atoms with E-state index in [2.05, 4.69) is 10.3 Å². The SMILES string of the molecule is Cc1cccc2oc(CCNC(=O)C3(N)CCOCC3)nc12.Cl. The van der Waals surface area contributed by atoms with Crippen LogP contribution in [0.1, 0.15) is 24.3 Å². The van der Waals surface area contributed by atoms with E-state index in [9.17, 15) is 4.79 Å². The number of para-hydroxylation sites is 1. The Hall–Kier alpha value is -1.63. The highest BCUT2D eigenvalue weighted by atomic mass is 35.5. The first-order valence-corrected chi connectivity index (χ1v) is 7.58. The number of halogens is 1. The Morgan fingerprint density at radius 2 is 2.13 bits per heavy atom. The monoisotopic (exact) mass is 339 g/mol. The number of hydrogen-bond acceptors (Lipinski definition) is 5. The fraction of sp³-hybridized carbons (Fsp3) is 0.500. The van der Waals surface area contributed by atoms with Crippen LogP contribution in [0.5, 0.6) is 0 Å². The van der Waals surface area contributed by atoms with Crippen molar-refractivity contribution >= 4 is 29.4 Å². The van der Waals surface area contributed by atoms with Crippen LogP contribution in [-0.2, 0) is 16.0 Å². The molecule has 3 N–H and O–H groups in total. The van der Waals surface area contributed by atoms with Crippen LogP contribution in [0.2, 0.25) is 0 Å². The van der Waals surface area contributed by atoms with Gasteiger partial charge in [0.15, 0.2) is 11.5 Å². The van der Waals surface area contributed by atoms with Gasteiger partial charge in [-0.2, -0.15) is 0 Å². The van der Waals surface area contributed by atoms with Crippen LogP contribution in [0.15, 0.2) is 22.6 Å². The van der Waals surface area contributed by atoms with Gasteiger partial charge in [0.05, 0.1) is 5.54 Å². The molecular formula is C16H22ClN3O3. The van der Waals surface area contributed by atoms with Crippen molar-refractivity contribution in [1.82, 2.24) is 10.3 Å². The van der Waals surface area contributed by atoms with E-state index in [1.807, 2.05) is 25.1 Å². The summed E-state index contributed by atoms with van der Waals surface area (Å²) in [6, 6.07) is 5.84. The van der Waals surface area contributed by atoms with Crippen LogP contribution in [0.25, 0.3) is 11.1 Å². The summed E-state index contributed by atoms with van der Waals surface area (Å²) in [4.78, 5) is 16.7. The van der Waals surface area contributed by atoms with Crippen LogP contribution in [0, 0.1) is 6.92 Å². The van der Waals surface area contributed by atoms with Crippen LogP contribution in [0.3, 0.4) is 0 Å². The third-order valence-electron chi connectivity index (χ3n) is 4.13. The fourth-order valence-electron chi connectivity index (χ4n) is 2.66. The average Bonchev–Trinajstić information content (AvgIpc) is 2.92. The Morgan fingerprint density at radius 1 is 1.39 bits per heavy atom. The number of ether oxygens (including phenoxy) is 1. The third kappa shape index (κ3) is 3.83. The molecule has 6 nitrogen and oxygen atoms in total.